The number of carbonyl (C=O) groups excluding carboxylic acids is 2. The van der Waals surface area contributed by atoms with Crippen molar-refractivity contribution in [2.45, 2.75) is 32.0 Å². The summed E-state index contributed by atoms with van der Waals surface area (Å²) >= 11 is 3.50. The maximum absolute atomic E-state index is 12.8. The highest BCUT2D eigenvalue weighted by atomic mass is 79.9. The normalized spacial score (nSPS) is 17.1. The number of cyclic esters (lactones) is 1. The van der Waals surface area contributed by atoms with E-state index in [0.717, 1.165) is 21.2 Å². The third-order valence-electron chi connectivity index (χ3n) is 5.91. The molecule has 0 aromatic heterocycles. The zero-order valence-electron chi connectivity index (χ0n) is 19.7. The van der Waals surface area contributed by atoms with E-state index in [9.17, 15) is 9.59 Å². The Morgan fingerprint density at radius 3 is 2.49 bits per heavy atom. The van der Waals surface area contributed by atoms with Crippen LogP contribution in [0.25, 0.3) is 0 Å². The van der Waals surface area contributed by atoms with Gasteiger partial charge >= 0.3 is 12.1 Å². The quantitative estimate of drug-likeness (QED) is 0.324. The Balaban J connectivity index is 1.60. The van der Waals surface area contributed by atoms with Gasteiger partial charge in [-0.25, -0.2) is 4.79 Å². The van der Waals surface area contributed by atoms with Gasteiger partial charge in [-0.15, -0.1) is 0 Å². The Kier molecular flexibility index (Phi) is 7.60. The van der Waals surface area contributed by atoms with Crippen molar-refractivity contribution in [2.24, 2.45) is 0 Å². The minimum absolute atomic E-state index is 0.111. The Bertz CT molecular complexity index is 1220. The summed E-state index contributed by atoms with van der Waals surface area (Å²) in [5.41, 5.74) is 2.48. The van der Waals surface area contributed by atoms with Crippen LogP contribution in [0.5, 0.6) is 17.2 Å². The van der Waals surface area contributed by atoms with E-state index < -0.39 is 0 Å². The van der Waals surface area contributed by atoms with Gasteiger partial charge in [0.15, 0.2) is 11.5 Å². The molecule has 0 saturated carbocycles. The number of rotatable bonds is 8. The molecule has 0 aliphatic carbocycles. The molecule has 1 heterocycles. The van der Waals surface area contributed by atoms with Gasteiger partial charge in [-0.1, -0.05) is 58.4 Å². The summed E-state index contributed by atoms with van der Waals surface area (Å²) in [7, 11) is 2.90. The Labute approximate surface area is 212 Å². The van der Waals surface area contributed by atoms with Crippen LogP contribution >= 0.6 is 15.9 Å². The van der Waals surface area contributed by atoms with Crippen molar-refractivity contribution >= 4 is 28.0 Å². The van der Waals surface area contributed by atoms with Gasteiger partial charge in [-0.05, 0) is 42.3 Å². The zero-order chi connectivity index (χ0) is 24.9. The van der Waals surface area contributed by atoms with Crippen molar-refractivity contribution in [1.82, 2.24) is 4.90 Å². The fourth-order valence-corrected chi connectivity index (χ4v) is 4.35. The molecule has 4 rings (SSSR count). The van der Waals surface area contributed by atoms with E-state index >= 15 is 0 Å². The number of carbonyl (C=O) groups is 2. The predicted molar refractivity (Wildman–Crippen MR) is 134 cm³/mol. The first kappa shape index (κ1) is 24.6. The molecule has 35 heavy (non-hydrogen) atoms. The molecule has 1 aliphatic rings. The lowest BCUT2D eigenvalue weighted by molar-refractivity contribution is -0.139. The van der Waals surface area contributed by atoms with E-state index in [-0.39, 0.29) is 30.6 Å². The molecule has 2 unspecified atom stereocenters. The number of ether oxygens (including phenoxy) is 4. The molecule has 0 N–H and O–H groups in total. The fraction of sp³-hybridized carbons (Fsp3) is 0.259. The summed E-state index contributed by atoms with van der Waals surface area (Å²) in [5.74, 6) is 1.17. The van der Waals surface area contributed by atoms with Gasteiger partial charge in [-0.3, -0.25) is 9.69 Å². The van der Waals surface area contributed by atoms with E-state index in [2.05, 4.69) is 15.9 Å². The largest absolute Gasteiger partial charge is 0.493 e. The maximum atomic E-state index is 12.8. The van der Waals surface area contributed by atoms with Gasteiger partial charge in [-0.2, -0.15) is 0 Å². The lowest BCUT2D eigenvalue weighted by Gasteiger charge is -2.22. The molecule has 8 heteroatoms. The average molecular weight is 540 g/mol. The molecule has 1 saturated heterocycles. The Hall–Kier alpha value is -3.52. The zero-order valence-corrected chi connectivity index (χ0v) is 21.3. The standard InChI is InChI=1S/C27H26BrNO6/c1-17-26(19-7-5-4-6-8-19)35-27(31)29(17)16-20-10-11-21(28)15-23(20)34-24-13-18(14-25(30)33-3)9-12-22(24)32-2/h4-13,15,17,26H,14,16H2,1-3H3. The monoisotopic (exact) mass is 539 g/mol. The first-order valence-electron chi connectivity index (χ1n) is 11.1. The molecule has 3 aromatic rings. The average Bonchev–Trinajstić information content (AvgIpc) is 3.14. The molecule has 1 amide bonds. The molecular formula is C27H26BrNO6. The second-order valence-electron chi connectivity index (χ2n) is 8.18. The highest BCUT2D eigenvalue weighted by molar-refractivity contribution is 9.10. The van der Waals surface area contributed by atoms with Gasteiger partial charge in [0.25, 0.3) is 0 Å². The predicted octanol–water partition coefficient (Wildman–Crippen LogP) is 6.05. The summed E-state index contributed by atoms with van der Waals surface area (Å²) < 4.78 is 23.0. The minimum atomic E-state index is -0.377. The van der Waals surface area contributed by atoms with Crippen LogP contribution in [0, 0.1) is 0 Å². The lowest BCUT2D eigenvalue weighted by atomic mass is 10.0. The highest BCUT2D eigenvalue weighted by Gasteiger charge is 2.39. The van der Waals surface area contributed by atoms with Crippen LogP contribution in [0.2, 0.25) is 0 Å². The number of hydrogen-bond donors (Lipinski definition) is 0. The molecule has 1 aliphatic heterocycles. The van der Waals surface area contributed by atoms with Crippen molar-refractivity contribution in [2.75, 3.05) is 14.2 Å². The number of hydrogen-bond acceptors (Lipinski definition) is 6. The molecule has 0 bridgehead atoms. The first-order valence-corrected chi connectivity index (χ1v) is 11.9. The van der Waals surface area contributed by atoms with Crippen molar-refractivity contribution in [3.63, 3.8) is 0 Å². The number of esters is 1. The smallest absolute Gasteiger partial charge is 0.411 e. The summed E-state index contributed by atoms with van der Waals surface area (Å²) in [6, 6.07) is 20.5. The van der Waals surface area contributed by atoms with E-state index in [4.69, 9.17) is 18.9 Å². The molecule has 0 spiro atoms. The Morgan fingerprint density at radius 1 is 1.00 bits per heavy atom. The number of methoxy groups -OCH3 is 2. The van der Waals surface area contributed by atoms with Gasteiger partial charge in [0.05, 0.1) is 33.2 Å². The molecule has 7 nitrogen and oxygen atoms in total. The topological polar surface area (TPSA) is 74.3 Å². The van der Waals surface area contributed by atoms with Crippen LogP contribution in [-0.2, 0) is 27.2 Å². The van der Waals surface area contributed by atoms with E-state index in [1.54, 1.807) is 30.2 Å². The van der Waals surface area contributed by atoms with Crippen LogP contribution in [0.3, 0.4) is 0 Å². The van der Waals surface area contributed by atoms with Gasteiger partial charge in [0.2, 0.25) is 0 Å². The van der Waals surface area contributed by atoms with E-state index in [1.165, 1.54) is 7.11 Å². The van der Waals surface area contributed by atoms with Crippen molar-refractivity contribution < 1.29 is 28.5 Å². The van der Waals surface area contributed by atoms with Gasteiger partial charge in [0, 0.05) is 10.0 Å². The van der Waals surface area contributed by atoms with Crippen molar-refractivity contribution in [1.29, 1.82) is 0 Å². The fourth-order valence-electron chi connectivity index (χ4n) is 4.01. The second-order valence-corrected chi connectivity index (χ2v) is 9.09. The number of nitrogens with zero attached hydrogens (tertiary/aromatic N) is 1. The number of halogens is 1. The molecule has 2 atom stereocenters. The third kappa shape index (κ3) is 5.59. The van der Waals surface area contributed by atoms with Crippen LogP contribution in [-0.4, -0.2) is 37.2 Å². The number of benzene rings is 3. The van der Waals surface area contributed by atoms with Gasteiger partial charge in [0.1, 0.15) is 11.9 Å². The second kappa shape index (κ2) is 10.8. The molecule has 0 radical (unpaired) electrons. The van der Waals surface area contributed by atoms with Crippen LogP contribution in [0.15, 0.2) is 71.2 Å². The van der Waals surface area contributed by atoms with Crippen LogP contribution in [0.1, 0.15) is 29.7 Å². The summed E-state index contributed by atoms with van der Waals surface area (Å²) in [5, 5.41) is 0. The molecule has 1 fully saturated rings. The molecular weight excluding hydrogens is 514 g/mol. The minimum Gasteiger partial charge on any atom is -0.493 e. The summed E-state index contributed by atoms with van der Waals surface area (Å²) in [6.07, 6.45) is -0.614. The van der Waals surface area contributed by atoms with Crippen molar-refractivity contribution in [3.05, 3.63) is 87.9 Å². The van der Waals surface area contributed by atoms with Crippen LogP contribution < -0.4 is 9.47 Å². The summed E-state index contributed by atoms with van der Waals surface area (Å²) in [6.45, 7) is 2.28. The highest BCUT2D eigenvalue weighted by Crippen LogP contribution is 2.38. The third-order valence-corrected chi connectivity index (χ3v) is 6.41. The maximum Gasteiger partial charge on any atom is 0.411 e. The Morgan fingerprint density at radius 2 is 1.77 bits per heavy atom. The SMILES string of the molecule is COC(=O)Cc1ccc(OC)c(Oc2cc(Br)ccc2CN2C(=O)OC(c3ccccc3)C2C)c1. The first-order chi connectivity index (χ1) is 16.9. The molecule has 182 valence electrons. The van der Waals surface area contributed by atoms with E-state index in [1.807, 2.05) is 55.5 Å². The van der Waals surface area contributed by atoms with Gasteiger partial charge < -0.3 is 18.9 Å². The molecule has 3 aromatic carbocycles. The van der Waals surface area contributed by atoms with Crippen molar-refractivity contribution in [3.8, 4) is 17.2 Å². The lowest BCUT2D eigenvalue weighted by Crippen LogP contribution is -2.31. The number of amides is 1. The summed E-state index contributed by atoms with van der Waals surface area (Å²) in [4.78, 5) is 26.2. The van der Waals surface area contributed by atoms with E-state index in [0.29, 0.717) is 23.8 Å². The van der Waals surface area contributed by atoms with Crippen LogP contribution in [0.4, 0.5) is 4.79 Å².